The minimum atomic E-state index is -0.321. The van der Waals surface area contributed by atoms with Gasteiger partial charge in [-0.3, -0.25) is 4.79 Å². The van der Waals surface area contributed by atoms with Gasteiger partial charge in [-0.1, -0.05) is 25.4 Å². The quantitative estimate of drug-likeness (QED) is 0.647. The van der Waals surface area contributed by atoms with Crippen LogP contribution in [0.1, 0.15) is 35.8 Å². The van der Waals surface area contributed by atoms with E-state index in [2.05, 4.69) is 10.4 Å². The van der Waals surface area contributed by atoms with Crippen LogP contribution in [0.4, 0.5) is 15.8 Å². The highest BCUT2D eigenvalue weighted by Gasteiger charge is 2.21. The van der Waals surface area contributed by atoms with Crippen molar-refractivity contribution >= 4 is 28.9 Å². The van der Waals surface area contributed by atoms with Crippen LogP contribution in [0, 0.1) is 5.82 Å². The predicted octanol–water partition coefficient (Wildman–Crippen LogP) is 5.11. The van der Waals surface area contributed by atoms with Crippen molar-refractivity contribution in [1.29, 1.82) is 0 Å². The summed E-state index contributed by atoms with van der Waals surface area (Å²) in [6.45, 7) is 3.97. The number of carbonyl (C=O) groups excluding carboxylic acids is 1. The van der Waals surface area contributed by atoms with E-state index in [0.29, 0.717) is 22.0 Å². The van der Waals surface area contributed by atoms with E-state index >= 15 is 0 Å². The number of anilines is 2. The molecule has 2 aromatic carbocycles. The van der Waals surface area contributed by atoms with Crippen LogP contribution in [0.2, 0.25) is 5.02 Å². The first-order valence-electron chi connectivity index (χ1n) is 8.90. The van der Waals surface area contributed by atoms with E-state index in [4.69, 9.17) is 11.6 Å². The number of nitrogens with zero attached hydrogens (tertiary/aromatic N) is 3. The lowest BCUT2D eigenvalue weighted by Crippen LogP contribution is -2.16. The second-order valence-corrected chi connectivity index (χ2v) is 7.41. The molecule has 1 N–H and O–H groups in total. The van der Waals surface area contributed by atoms with Crippen LogP contribution < -0.4 is 10.2 Å². The molecule has 146 valence electrons. The SMILES string of the molecule is CC(C)c1c(C(=O)Nc2ccc(N(C)C)c(Cl)c2)cnn1-c1ccc(F)cc1. The lowest BCUT2D eigenvalue weighted by Gasteiger charge is -2.16. The summed E-state index contributed by atoms with van der Waals surface area (Å²) in [7, 11) is 3.80. The molecule has 0 fully saturated rings. The van der Waals surface area contributed by atoms with Gasteiger partial charge < -0.3 is 10.2 Å². The standard InChI is InChI=1S/C21H22ClFN4O/c1-13(2)20-17(12-24-27(20)16-8-5-14(23)6-9-16)21(28)25-15-7-10-19(26(3)4)18(22)11-15/h5-13H,1-4H3,(H,25,28). The monoisotopic (exact) mass is 400 g/mol. The fourth-order valence-electron chi connectivity index (χ4n) is 3.02. The summed E-state index contributed by atoms with van der Waals surface area (Å²) >= 11 is 6.29. The fourth-order valence-corrected chi connectivity index (χ4v) is 3.37. The largest absolute Gasteiger partial charge is 0.376 e. The Morgan fingerprint density at radius 1 is 1.18 bits per heavy atom. The third kappa shape index (κ3) is 4.02. The molecule has 0 aliphatic carbocycles. The van der Waals surface area contributed by atoms with Gasteiger partial charge in [0.2, 0.25) is 0 Å². The van der Waals surface area contributed by atoms with E-state index in [0.717, 1.165) is 11.4 Å². The zero-order valence-corrected chi connectivity index (χ0v) is 17.0. The van der Waals surface area contributed by atoms with E-state index in [9.17, 15) is 9.18 Å². The zero-order valence-electron chi connectivity index (χ0n) is 16.2. The van der Waals surface area contributed by atoms with Gasteiger partial charge in [0.05, 0.1) is 33.9 Å². The van der Waals surface area contributed by atoms with Gasteiger partial charge in [0.1, 0.15) is 5.82 Å². The van der Waals surface area contributed by atoms with Crippen molar-refractivity contribution in [2.24, 2.45) is 0 Å². The van der Waals surface area contributed by atoms with E-state index in [1.807, 2.05) is 38.9 Å². The average Bonchev–Trinajstić information content (AvgIpc) is 3.07. The van der Waals surface area contributed by atoms with Gasteiger partial charge in [-0.15, -0.1) is 0 Å². The van der Waals surface area contributed by atoms with Gasteiger partial charge in [-0.2, -0.15) is 5.10 Å². The van der Waals surface area contributed by atoms with E-state index in [1.165, 1.54) is 18.3 Å². The summed E-state index contributed by atoms with van der Waals surface area (Å²) in [6.07, 6.45) is 1.53. The van der Waals surface area contributed by atoms with Crippen LogP contribution in [0.5, 0.6) is 0 Å². The van der Waals surface area contributed by atoms with Crippen molar-refractivity contribution in [3.63, 3.8) is 0 Å². The Morgan fingerprint density at radius 2 is 1.86 bits per heavy atom. The maximum Gasteiger partial charge on any atom is 0.259 e. The smallest absolute Gasteiger partial charge is 0.259 e. The van der Waals surface area contributed by atoms with Crippen molar-refractivity contribution in [1.82, 2.24) is 9.78 Å². The van der Waals surface area contributed by atoms with Gasteiger partial charge in [-0.25, -0.2) is 9.07 Å². The molecule has 0 bridgehead atoms. The van der Waals surface area contributed by atoms with Gasteiger partial charge in [0, 0.05) is 19.8 Å². The van der Waals surface area contributed by atoms with Crippen molar-refractivity contribution in [2.75, 3.05) is 24.3 Å². The molecule has 28 heavy (non-hydrogen) atoms. The summed E-state index contributed by atoms with van der Waals surface area (Å²) in [5, 5.41) is 7.78. The minimum Gasteiger partial charge on any atom is -0.376 e. The average molecular weight is 401 g/mol. The number of benzene rings is 2. The summed E-state index contributed by atoms with van der Waals surface area (Å²) in [4.78, 5) is 14.8. The summed E-state index contributed by atoms with van der Waals surface area (Å²) in [5.41, 5.74) is 3.38. The second kappa shape index (κ2) is 8.02. The molecule has 0 atom stereocenters. The van der Waals surface area contributed by atoms with Crippen LogP contribution in [0.25, 0.3) is 5.69 Å². The summed E-state index contributed by atoms with van der Waals surface area (Å²) in [6, 6.07) is 11.4. The molecule has 1 heterocycles. The number of rotatable bonds is 5. The van der Waals surface area contributed by atoms with Crippen LogP contribution in [-0.4, -0.2) is 29.8 Å². The molecule has 5 nitrogen and oxygen atoms in total. The molecule has 0 spiro atoms. The molecule has 3 aromatic rings. The first-order chi connectivity index (χ1) is 13.3. The number of aromatic nitrogens is 2. The highest BCUT2D eigenvalue weighted by molar-refractivity contribution is 6.33. The molecule has 0 saturated carbocycles. The zero-order chi connectivity index (χ0) is 20.4. The highest BCUT2D eigenvalue weighted by Crippen LogP contribution is 2.29. The number of halogens is 2. The molecule has 1 amide bonds. The Balaban J connectivity index is 1.92. The normalized spacial score (nSPS) is 11.0. The summed E-state index contributed by atoms with van der Waals surface area (Å²) in [5.74, 6) is -0.559. The van der Waals surface area contributed by atoms with Crippen LogP contribution in [-0.2, 0) is 0 Å². The van der Waals surface area contributed by atoms with Gasteiger partial charge >= 0.3 is 0 Å². The lowest BCUT2D eigenvalue weighted by atomic mass is 10.0. The highest BCUT2D eigenvalue weighted by atomic mass is 35.5. The third-order valence-corrected chi connectivity index (χ3v) is 4.66. The Labute approximate surface area is 168 Å². The van der Waals surface area contributed by atoms with Gasteiger partial charge in [0.25, 0.3) is 5.91 Å². The molecule has 3 rings (SSSR count). The van der Waals surface area contributed by atoms with E-state index in [1.54, 1.807) is 28.9 Å². The first kappa shape index (κ1) is 19.9. The molecule has 0 unspecified atom stereocenters. The molecule has 0 aliphatic heterocycles. The molecule has 7 heteroatoms. The maximum atomic E-state index is 13.2. The van der Waals surface area contributed by atoms with Gasteiger partial charge in [-0.05, 0) is 48.4 Å². The second-order valence-electron chi connectivity index (χ2n) is 7.00. The van der Waals surface area contributed by atoms with Crippen LogP contribution in [0.3, 0.4) is 0 Å². The van der Waals surface area contributed by atoms with Crippen LogP contribution in [0.15, 0.2) is 48.7 Å². The number of hydrogen-bond donors (Lipinski definition) is 1. The molecule has 0 saturated heterocycles. The molecule has 0 aliphatic rings. The Kier molecular flexibility index (Phi) is 5.70. The van der Waals surface area contributed by atoms with Crippen molar-refractivity contribution in [3.05, 3.63) is 70.8 Å². The van der Waals surface area contributed by atoms with Crippen molar-refractivity contribution in [2.45, 2.75) is 19.8 Å². The summed E-state index contributed by atoms with van der Waals surface area (Å²) < 4.78 is 14.9. The van der Waals surface area contributed by atoms with Gasteiger partial charge in [0.15, 0.2) is 0 Å². The Bertz CT molecular complexity index is 996. The fraction of sp³-hybridized carbons (Fsp3) is 0.238. The Hall–Kier alpha value is -2.86. The van der Waals surface area contributed by atoms with Crippen molar-refractivity contribution < 1.29 is 9.18 Å². The number of carbonyl (C=O) groups is 1. The molecular formula is C21H22ClFN4O. The predicted molar refractivity (Wildman–Crippen MR) is 111 cm³/mol. The number of nitrogens with one attached hydrogen (secondary N) is 1. The minimum absolute atomic E-state index is 0.0352. The molecular weight excluding hydrogens is 379 g/mol. The number of amides is 1. The van der Waals surface area contributed by atoms with E-state index < -0.39 is 0 Å². The molecule has 0 radical (unpaired) electrons. The van der Waals surface area contributed by atoms with Crippen LogP contribution >= 0.6 is 11.6 Å². The lowest BCUT2D eigenvalue weighted by molar-refractivity contribution is 0.102. The maximum absolute atomic E-state index is 13.2. The molecule has 1 aromatic heterocycles. The first-order valence-corrected chi connectivity index (χ1v) is 9.27. The Morgan fingerprint density at radius 3 is 2.43 bits per heavy atom. The topological polar surface area (TPSA) is 50.2 Å². The van der Waals surface area contributed by atoms with E-state index in [-0.39, 0.29) is 17.6 Å². The third-order valence-electron chi connectivity index (χ3n) is 4.36. The van der Waals surface area contributed by atoms with Crippen molar-refractivity contribution in [3.8, 4) is 5.69 Å². The number of hydrogen-bond acceptors (Lipinski definition) is 3.